The summed E-state index contributed by atoms with van der Waals surface area (Å²) in [7, 11) is -3.40. The largest absolute Gasteiger partial charge is 0.318 e. The molecule has 3 aliphatic rings. The number of carbonyl (C=O) groups is 1. The number of rotatable bonds is 4. The van der Waals surface area contributed by atoms with Gasteiger partial charge in [-0.05, 0) is 42.3 Å². The summed E-state index contributed by atoms with van der Waals surface area (Å²) in [5.74, 6) is 0.975. The van der Waals surface area contributed by atoms with Crippen LogP contribution in [-0.4, -0.2) is 42.0 Å². The second kappa shape index (κ2) is 7.73. The number of aromatic amines is 1. The maximum Gasteiger partial charge on any atom is 0.257 e. The summed E-state index contributed by atoms with van der Waals surface area (Å²) in [5.41, 5.74) is 2.44. The first kappa shape index (κ1) is 19.6. The Morgan fingerprint density at radius 3 is 2.90 bits per heavy atom. The SMILES string of the molecule is O=C(Nc1cc(CC2CCCCC2)[nH]n1)c1ccc2c(c1)SC1=NS(=O)(=O)CCN12. The highest BCUT2D eigenvalue weighted by Crippen LogP contribution is 2.42. The Bertz CT molecular complexity index is 1120. The van der Waals surface area contributed by atoms with E-state index < -0.39 is 10.0 Å². The molecule has 0 bridgehead atoms. The van der Waals surface area contributed by atoms with Gasteiger partial charge < -0.3 is 10.2 Å². The molecule has 3 heterocycles. The molecule has 8 nitrogen and oxygen atoms in total. The van der Waals surface area contributed by atoms with Crippen LogP contribution < -0.4 is 10.2 Å². The smallest absolute Gasteiger partial charge is 0.257 e. The van der Waals surface area contributed by atoms with Crippen molar-refractivity contribution in [2.24, 2.45) is 10.3 Å². The third-order valence-corrected chi connectivity index (χ3v) is 8.15. The van der Waals surface area contributed by atoms with Crippen molar-refractivity contribution in [2.45, 2.75) is 43.4 Å². The highest BCUT2D eigenvalue weighted by Gasteiger charge is 2.33. The molecule has 0 saturated heterocycles. The third-order valence-electron chi connectivity index (χ3n) is 5.84. The van der Waals surface area contributed by atoms with Gasteiger partial charge in [0.1, 0.15) is 0 Å². The fraction of sp³-hybridized carbons (Fsp3) is 0.450. The Kier molecular flexibility index (Phi) is 5.06. The summed E-state index contributed by atoms with van der Waals surface area (Å²) in [5, 5.41) is 10.6. The average molecular weight is 446 g/mol. The zero-order valence-corrected chi connectivity index (χ0v) is 18.1. The molecule has 1 aromatic carbocycles. The fourth-order valence-electron chi connectivity index (χ4n) is 4.29. The van der Waals surface area contributed by atoms with E-state index >= 15 is 0 Å². The Morgan fingerprint density at radius 2 is 2.07 bits per heavy atom. The number of benzene rings is 1. The topological polar surface area (TPSA) is 108 Å². The maximum absolute atomic E-state index is 12.7. The monoisotopic (exact) mass is 445 g/mol. The van der Waals surface area contributed by atoms with Gasteiger partial charge in [0, 0.05) is 28.8 Å². The summed E-state index contributed by atoms with van der Waals surface area (Å²) in [4.78, 5) is 15.4. The first-order valence-electron chi connectivity index (χ1n) is 10.2. The highest BCUT2D eigenvalue weighted by molar-refractivity contribution is 8.15. The molecular weight excluding hydrogens is 422 g/mol. The second-order valence-electron chi connectivity index (χ2n) is 8.04. The lowest BCUT2D eigenvalue weighted by Gasteiger charge is -2.22. The van der Waals surface area contributed by atoms with Crippen LogP contribution in [0.2, 0.25) is 0 Å². The summed E-state index contributed by atoms with van der Waals surface area (Å²) >= 11 is 1.28. The number of hydrogen-bond acceptors (Lipinski definition) is 6. The van der Waals surface area contributed by atoms with Gasteiger partial charge in [-0.2, -0.15) is 5.10 Å². The minimum Gasteiger partial charge on any atom is -0.318 e. The number of aromatic nitrogens is 2. The summed E-state index contributed by atoms with van der Waals surface area (Å²) in [6.07, 6.45) is 7.43. The standard InChI is InChI=1S/C20H23N5O3S2/c26-19(21-18-12-15(22-23-18)10-13-4-2-1-3-5-13)14-6-7-16-17(11-14)29-20-24-30(27,28)9-8-25(16)20/h6-7,11-13H,1-5,8-10H2,(H2,21,22,23,26). The Balaban J connectivity index is 1.27. The molecule has 5 rings (SSSR count). The molecule has 2 aliphatic heterocycles. The van der Waals surface area contributed by atoms with Crippen molar-refractivity contribution in [3.63, 3.8) is 0 Å². The number of amidine groups is 1. The number of fused-ring (bicyclic) bond motifs is 3. The maximum atomic E-state index is 12.7. The lowest BCUT2D eigenvalue weighted by molar-refractivity contribution is 0.102. The number of carbonyl (C=O) groups excluding carboxylic acids is 1. The van der Waals surface area contributed by atoms with Crippen LogP contribution in [0.3, 0.4) is 0 Å². The number of thioether (sulfide) groups is 1. The van der Waals surface area contributed by atoms with Crippen molar-refractivity contribution < 1.29 is 13.2 Å². The van der Waals surface area contributed by atoms with Crippen molar-refractivity contribution in [3.8, 4) is 0 Å². The van der Waals surface area contributed by atoms with Gasteiger partial charge in [-0.3, -0.25) is 9.89 Å². The number of nitrogens with zero attached hydrogens (tertiary/aromatic N) is 3. The Morgan fingerprint density at radius 1 is 1.23 bits per heavy atom. The van der Waals surface area contributed by atoms with Gasteiger partial charge in [0.2, 0.25) is 0 Å². The normalized spacial score (nSPS) is 20.4. The fourth-order valence-corrected chi connectivity index (χ4v) is 6.59. The molecule has 0 radical (unpaired) electrons. The molecule has 1 fully saturated rings. The van der Waals surface area contributed by atoms with Crippen LogP contribution in [0.15, 0.2) is 33.6 Å². The van der Waals surface area contributed by atoms with Crippen molar-refractivity contribution in [2.75, 3.05) is 22.5 Å². The van der Waals surface area contributed by atoms with Gasteiger partial charge in [-0.1, -0.05) is 32.1 Å². The predicted molar refractivity (Wildman–Crippen MR) is 118 cm³/mol. The van der Waals surface area contributed by atoms with E-state index in [-0.39, 0.29) is 11.7 Å². The van der Waals surface area contributed by atoms with Crippen LogP contribution in [0.4, 0.5) is 11.5 Å². The first-order valence-corrected chi connectivity index (χ1v) is 12.7. The lowest BCUT2D eigenvalue weighted by Crippen LogP contribution is -2.35. The van der Waals surface area contributed by atoms with E-state index in [0.29, 0.717) is 29.0 Å². The van der Waals surface area contributed by atoms with Gasteiger partial charge in [0.25, 0.3) is 15.9 Å². The van der Waals surface area contributed by atoms with Crippen LogP contribution in [-0.2, 0) is 16.4 Å². The quantitative estimate of drug-likeness (QED) is 0.747. The summed E-state index contributed by atoms with van der Waals surface area (Å²) in [6.45, 7) is 0.379. The molecule has 30 heavy (non-hydrogen) atoms. The minimum absolute atomic E-state index is 0.00108. The van der Waals surface area contributed by atoms with Crippen LogP contribution >= 0.6 is 11.8 Å². The van der Waals surface area contributed by atoms with Crippen LogP contribution in [0, 0.1) is 5.92 Å². The molecular formula is C20H23N5O3S2. The van der Waals surface area contributed by atoms with Crippen LogP contribution in [0.5, 0.6) is 0 Å². The zero-order chi connectivity index (χ0) is 20.7. The molecule has 0 spiro atoms. The number of anilines is 2. The molecule has 0 atom stereocenters. The van der Waals surface area contributed by atoms with Gasteiger partial charge in [-0.15, -0.1) is 4.40 Å². The van der Waals surface area contributed by atoms with Gasteiger partial charge >= 0.3 is 0 Å². The average Bonchev–Trinajstić information content (AvgIpc) is 3.30. The first-order chi connectivity index (χ1) is 14.5. The molecule has 158 valence electrons. The molecule has 1 amide bonds. The number of hydrogen-bond donors (Lipinski definition) is 2. The Labute approximate surface area is 179 Å². The summed E-state index contributed by atoms with van der Waals surface area (Å²) in [6, 6.07) is 7.28. The predicted octanol–water partition coefficient (Wildman–Crippen LogP) is 3.40. The molecule has 1 aliphatic carbocycles. The second-order valence-corrected chi connectivity index (χ2v) is 10.8. The Hall–Kier alpha value is -2.33. The number of nitrogens with one attached hydrogen (secondary N) is 2. The van der Waals surface area contributed by atoms with Crippen molar-refractivity contribution in [1.29, 1.82) is 0 Å². The molecule has 2 aromatic rings. The van der Waals surface area contributed by atoms with Crippen molar-refractivity contribution in [1.82, 2.24) is 10.2 Å². The van der Waals surface area contributed by atoms with E-state index in [9.17, 15) is 13.2 Å². The van der Waals surface area contributed by atoms with Crippen molar-refractivity contribution >= 4 is 44.4 Å². The van der Waals surface area contributed by atoms with E-state index in [1.807, 2.05) is 17.0 Å². The van der Waals surface area contributed by atoms with Crippen LogP contribution in [0.1, 0.15) is 48.2 Å². The van der Waals surface area contributed by atoms with Gasteiger partial charge in [-0.25, -0.2) is 8.42 Å². The van der Waals surface area contributed by atoms with E-state index in [1.54, 1.807) is 12.1 Å². The number of H-pyrrole nitrogens is 1. The zero-order valence-electron chi connectivity index (χ0n) is 16.4. The van der Waals surface area contributed by atoms with E-state index in [4.69, 9.17) is 0 Å². The van der Waals surface area contributed by atoms with Crippen molar-refractivity contribution in [3.05, 3.63) is 35.5 Å². The molecule has 1 saturated carbocycles. The highest BCUT2D eigenvalue weighted by atomic mass is 32.2. The van der Waals surface area contributed by atoms with E-state index in [1.165, 1.54) is 43.9 Å². The third kappa shape index (κ3) is 3.98. The van der Waals surface area contributed by atoms with E-state index in [2.05, 4.69) is 19.9 Å². The molecule has 10 heteroatoms. The van der Waals surface area contributed by atoms with Crippen LogP contribution in [0.25, 0.3) is 0 Å². The molecule has 1 aromatic heterocycles. The lowest BCUT2D eigenvalue weighted by atomic mass is 9.86. The molecule has 2 N–H and O–H groups in total. The molecule has 0 unspecified atom stereocenters. The van der Waals surface area contributed by atoms with E-state index in [0.717, 1.165) is 22.7 Å². The van der Waals surface area contributed by atoms with Gasteiger partial charge in [0.05, 0.1) is 11.4 Å². The summed E-state index contributed by atoms with van der Waals surface area (Å²) < 4.78 is 27.3. The van der Waals surface area contributed by atoms with Gasteiger partial charge in [0.15, 0.2) is 11.0 Å². The number of amides is 1. The number of sulfonamides is 1. The minimum atomic E-state index is -3.40.